The Morgan fingerprint density at radius 1 is 1.36 bits per heavy atom. The summed E-state index contributed by atoms with van der Waals surface area (Å²) in [5, 5.41) is 0. The Morgan fingerprint density at radius 2 is 1.93 bits per heavy atom. The van der Waals surface area contributed by atoms with Crippen molar-refractivity contribution in [2.45, 2.75) is 31.9 Å². The number of hydrogen-bond donors (Lipinski definition) is 0. The van der Waals surface area contributed by atoms with Crippen molar-refractivity contribution < 1.29 is 9.53 Å². The first-order valence-electron chi connectivity index (χ1n) is 4.91. The van der Waals surface area contributed by atoms with Crippen LogP contribution in [-0.4, -0.2) is 55.2 Å². The Bertz CT molecular complexity index is 226. The summed E-state index contributed by atoms with van der Waals surface area (Å²) in [4.78, 5) is 15.0. The van der Waals surface area contributed by atoms with E-state index in [0.29, 0.717) is 6.61 Å². The van der Waals surface area contributed by atoms with E-state index < -0.39 is 0 Å². The molecule has 4 heteroatoms. The van der Waals surface area contributed by atoms with Crippen LogP contribution in [0.15, 0.2) is 0 Å². The molecule has 0 aliphatic carbocycles. The molecule has 1 rings (SSSR count). The molecule has 0 radical (unpaired) electrons. The zero-order chi connectivity index (χ0) is 10.9. The van der Waals surface area contributed by atoms with E-state index in [1.54, 1.807) is 23.9 Å². The smallest absolute Gasteiger partial charge is 0.319 e. The number of ether oxygens (including phenoxy) is 1. The third-order valence-corrected chi connectivity index (χ3v) is 2.63. The topological polar surface area (TPSA) is 32.8 Å². The highest BCUT2D eigenvalue weighted by Gasteiger charge is 2.36. The van der Waals surface area contributed by atoms with Crippen molar-refractivity contribution >= 4 is 6.03 Å². The summed E-state index contributed by atoms with van der Waals surface area (Å²) >= 11 is 0. The number of carbonyl (C=O) groups excluding carboxylic acids is 1. The molecule has 1 unspecified atom stereocenters. The standard InChI is InChI=1S/C10H20N2O2/c1-10(2)6-8(7-14-10)12(5)9(13)11(3)4/h8H,6-7H2,1-5H3. The van der Waals surface area contributed by atoms with E-state index in [0.717, 1.165) is 6.42 Å². The molecule has 0 aromatic carbocycles. The number of carbonyl (C=O) groups is 1. The van der Waals surface area contributed by atoms with Crippen molar-refractivity contribution in [2.75, 3.05) is 27.7 Å². The van der Waals surface area contributed by atoms with Crippen molar-refractivity contribution in [3.05, 3.63) is 0 Å². The normalized spacial score (nSPS) is 24.8. The van der Waals surface area contributed by atoms with Crippen LogP contribution in [0.2, 0.25) is 0 Å². The van der Waals surface area contributed by atoms with Crippen LogP contribution < -0.4 is 0 Å². The van der Waals surface area contributed by atoms with Crippen LogP contribution in [-0.2, 0) is 4.74 Å². The first kappa shape index (κ1) is 11.3. The number of amides is 2. The maximum atomic E-state index is 11.6. The molecule has 0 N–H and O–H groups in total. The highest BCUT2D eigenvalue weighted by molar-refractivity contribution is 5.73. The summed E-state index contributed by atoms with van der Waals surface area (Å²) < 4.78 is 5.59. The first-order chi connectivity index (χ1) is 6.33. The molecule has 4 nitrogen and oxygen atoms in total. The van der Waals surface area contributed by atoms with Gasteiger partial charge in [0.1, 0.15) is 0 Å². The molecule has 0 spiro atoms. The minimum atomic E-state index is -0.0917. The molecule has 2 amide bonds. The summed E-state index contributed by atoms with van der Waals surface area (Å²) in [6.07, 6.45) is 0.906. The lowest BCUT2D eigenvalue weighted by atomic mass is 10.0. The fraction of sp³-hybridized carbons (Fsp3) is 0.900. The van der Waals surface area contributed by atoms with E-state index in [-0.39, 0.29) is 17.7 Å². The van der Waals surface area contributed by atoms with Crippen LogP contribution in [0.5, 0.6) is 0 Å². The van der Waals surface area contributed by atoms with Crippen LogP contribution in [0.4, 0.5) is 4.79 Å². The van der Waals surface area contributed by atoms with Crippen molar-refractivity contribution in [1.29, 1.82) is 0 Å². The second kappa shape index (κ2) is 3.77. The van der Waals surface area contributed by atoms with Gasteiger partial charge in [0.2, 0.25) is 0 Å². The molecule has 14 heavy (non-hydrogen) atoms. The third kappa shape index (κ3) is 2.38. The highest BCUT2D eigenvalue weighted by atomic mass is 16.5. The highest BCUT2D eigenvalue weighted by Crippen LogP contribution is 2.27. The van der Waals surface area contributed by atoms with Gasteiger partial charge in [0.15, 0.2) is 0 Å². The maximum Gasteiger partial charge on any atom is 0.319 e. The van der Waals surface area contributed by atoms with Gasteiger partial charge in [-0.05, 0) is 20.3 Å². The Kier molecular flexibility index (Phi) is 3.04. The molecule has 0 aromatic heterocycles. The van der Waals surface area contributed by atoms with Gasteiger partial charge in [-0.25, -0.2) is 4.79 Å². The minimum absolute atomic E-state index is 0.0382. The van der Waals surface area contributed by atoms with Gasteiger partial charge in [0.05, 0.1) is 18.2 Å². The van der Waals surface area contributed by atoms with Gasteiger partial charge in [0, 0.05) is 21.1 Å². The lowest BCUT2D eigenvalue weighted by Crippen LogP contribution is -2.43. The van der Waals surface area contributed by atoms with Gasteiger partial charge in [-0.3, -0.25) is 0 Å². The van der Waals surface area contributed by atoms with Crippen LogP contribution in [0.25, 0.3) is 0 Å². The van der Waals surface area contributed by atoms with E-state index in [9.17, 15) is 4.79 Å². The van der Waals surface area contributed by atoms with Gasteiger partial charge in [-0.2, -0.15) is 0 Å². The first-order valence-corrected chi connectivity index (χ1v) is 4.91. The summed E-state index contributed by atoms with van der Waals surface area (Å²) in [6.45, 7) is 4.75. The zero-order valence-electron chi connectivity index (χ0n) is 9.70. The fourth-order valence-electron chi connectivity index (χ4n) is 1.73. The molecule has 1 saturated heterocycles. The number of likely N-dealkylation sites (N-methyl/N-ethyl adjacent to an activating group) is 1. The van der Waals surface area contributed by atoms with Crippen LogP contribution in [0, 0.1) is 0 Å². The molecule has 1 aliphatic heterocycles. The van der Waals surface area contributed by atoms with Gasteiger partial charge in [-0.1, -0.05) is 0 Å². The molecule has 1 atom stereocenters. The van der Waals surface area contributed by atoms with Crippen LogP contribution in [0.1, 0.15) is 20.3 Å². The van der Waals surface area contributed by atoms with Crippen molar-refractivity contribution in [3.8, 4) is 0 Å². The summed E-state index contributed by atoms with van der Waals surface area (Å²) in [7, 11) is 5.36. The van der Waals surface area contributed by atoms with Crippen molar-refractivity contribution in [1.82, 2.24) is 9.80 Å². The molecular formula is C10H20N2O2. The van der Waals surface area contributed by atoms with Crippen LogP contribution >= 0.6 is 0 Å². The average molecular weight is 200 g/mol. The maximum absolute atomic E-state index is 11.6. The zero-order valence-corrected chi connectivity index (χ0v) is 9.70. The fourth-order valence-corrected chi connectivity index (χ4v) is 1.73. The van der Waals surface area contributed by atoms with Crippen molar-refractivity contribution in [2.24, 2.45) is 0 Å². The molecule has 1 aliphatic rings. The van der Waals surface area contributed by atoms with E-state index in [1.807, 2.05) is 7.05 Å². The average Bonchev–Trinajstić information content (AvgIpc) is 2.43. The van der Waals surface area contributed by atoms with Gasteiger partial charge >= 0.3 is 6.03 Å². The third-order valence-electron chi connectivity index (χ3n) is 2.63. The van der Waals surface area contributed by atoms with Crippen LogP contribution in [0.3, 0.4) is 0 Å². The van der Waals surface area contributed by atoms with Gasteiger partial charge in [0.25, 0.3) is 0 Å². The molecule has 1 heterocycles. The number of rotatable bonds is 1. The predicted octanol–water partition coefficient (Wildman–Crippen LogP) is 1.17. The van der Waals surface area contributed by atoms with E-state index in [2.05, 4.69) is 13.8 Å². The number of hydrogen-bond acceptors (Lipinski definition) is 2. The molecule has 0 aromatic rings. The molecule has 0 saturated carbocycles. The Balaban J connectivity index is 2.55. The number of nitrogens with zero attached hydrogens (tertiary/aromatic N) is 2. The molecular weight excluding hydrogens is 180 g/mol. The van der Waals surface area contributed by atoms with Gasteiger partial charge in [-0.15, -0.1) is 0 Å². The minimum Gasteiger partial charge on any atom is -0.373 e. The number of urea groups is 1. The Morgan fingerprint density at radius 3 is 2.29 bits per heavy atom. The molecule has 82 valence electrons. The quantitative estimate of drug-likeness (QED) is 0.636. The summed E-state index contributed by atoms with van der Waals surface area (Å²) in [6, 6.07) is 0.246. The monoisotopic (exact) mass is 200 g/mol. The van der Waals surface area contributed by atoms with E-state index in [1.165, 1.54) is 0 Å². The second-order valence-corrected chi connectivity index (χ2v) is 4.72. The van der Waals surface area contributed by atoms with E-state index >= 15 is 0 Å². The summed E-state index contributed by atoms with van der Waals surface area (Å²) in [5.74, 6) is 0. The Labute approximate surface area is 85.8 Å². The SMILES string of the molecule is CN(C)C(=O)N(C)C1COC(C)(C)C1. The Hall–Kier alpha value is -0.770. The largest absolute Gasteiger partial charge is 0.373 e. The second-order valence-electron chi connectivity index (χ2n) is 4.72. The lowest BCUT2D eigenvalue weighted by molar-refractivity contribution is 0.0340. The molecule has 1 fully saturated rings. The molecule has 0 bridgehead atoms. The summed E-state index contributed by atoms with van der Waals surface area (Å²) in [5.41, 5.74) is -0.0917. The van der Waals surface area contributed by atoms with Crippen molar-refractivity contribution in [3.63, 3.8) is 0 Å². The predicted molar refractivity (Wildman–Crippen MR) is 55.3 cm³/mol. The van der Waals surface area contributed by atoms with Gasteiger partial charge < -0.3 is 14.5 Å². The van der Waals surface area contributed by atoms with E-state index in [4.69, 9.17) is 4.74 Å². The lowest BCUT2D eigenvalue weighted by Gasteiger charge is -2.27.